The van der Waals surface area contributed by atoms with E-state index in [-0.39, 0.29) is 50.0 Å². The van der Waals surface area contributed by atoms with Crippen molar-refractivity contribution in [1.29, 1.82) is 0 Å². The zero-order valence-electron chi connectivity index (χ0n) is 20.2. The van der Waals surface area contributed by atoms with Gasteiger partial charge in [-0.25, -0.2) is 4.79 Å². The first kappa shape index (κ1) is 29.6. The van der Waals surface area contributed by atoms with Gasteiger partial charge < -0.3 is 43.6 Å². The van der Waals surface area contributed by atoms with Gasteiger partial charge >= 0.3 is 5.97 Å². The lowest BCUT2D eigenvalue weighted by Gasteiger charge is -2.27. The first-order valence-corrected chi connectivity index (χ1v) is 11.6. The molecular formula is C21H38N8O6. The summed E-state index contributed by atoms with van der Waals surface area (Å²) >= 11 is 0. The van der Waals surface area contributed by atoms with E-state index < -0.39 is 47.9 Å². The summed E-state index contributed by atoms with van der Waals surface area (Å²) < 4.78 is 0. The molecule has 1 heterocycles. The number of amides is 4. The molecule has 4 amide bonds. The summed E-state index contributed by atoms with van der Waals surface area (Å²) in [7, 11) is 0. The fraction of sp³-hybridized carbons (Fsp3) is 0.714. The number of nitrogens with two attached hydrogens (primary N) is 3. The second kappa shape index (κ2) is 14.8. The van der Waals surface area contributed by atoms with Crippen LogP contribution in [0.3, 0.4) is 0 Å². The number of carbonyl (C=O) groups excluding carboxylic acids is 4. The number of nitrogens with one attached hydrogen (secondary N) is 4. The molecule has 0 spiro atoms. The van der Waals surface area contributed by atoms with E-state index in [1.807, 2.05) is 0 Å². The van der Waals surface area contributed by atoms with Crippen LogP contribution in [0.2, 0.25) is 0 Å². The molecule has 14 nitrogen and oxygen atoms in total. The minimum Gasteiger partial charge on any atom is -0.480 e. The highest BCUT2D eigenvalue weighted by atomic mass is 16.4. The Labute approximate surface area is 204 Å². The van der Waals surface area contributed by atoms with Gasteiger partial charge in [0.25, 0.3) is 0 Å². The summed E-state index contributed by atoms with van der Waals surface area (Å²) in [5, 5.41) is 20.1. The predicted molar refractivity (Wildman–Crippen MR) is 128 cm³/mol. The third-order valence-electron chi connectivity index (χ3n) is 5.50. The van der Waals surface area contributed by atoms with Gasteiger partial charge in [0.05, 0.1) is 6.04 Å². The lowest BCUT2D eigenvalue weighted by atomic mass is 10.0. The maximum Gasteiger partial charge on any atom is 0.326 e. The van der Waals surface area contributed by atoms with Gasteiger partial charge in [-0.15, -0.1) is 0 Å². The molecule has 0 saturated carbocycles. The largest absolute Gasteiger partial charge is 0.480 e. The Morgan fingerprint density at radius 1 is 1.00 bits per heavy atom. The SMILES string of the molecule is CC(C)C(NC(=O)C1CCCN1)C(=O)NC(CCC(N)=O)C(=O)NC(CCCN=C(N)N)C(=O)O. The standard InChI is InChI=1S/C21H38N8O6/c1-11(2)16(29-17(31)12-5-3-9-25-12)19(33)27-13(7-8-15(22)30)18(32)28-14(20(34)35)6-4-10-26-21(23)24/h11-14,16,25H,3-10H2,1-2H3,(H2,22,30)(H,27,33)(H,28,32)(H,29,31)(H,34,35)(H4,23,24,26). The van der Waals surface area contributed by atoms with Crippen molar-refractivity contribution in [3.8, 4) is 0 Å². The number of hydrogen-bond acceptors (Lipinski definition) is 7. The van der Waals surface area contributed by atoms with Gasteiger partial charge in [-0.3, -0.25) is 24.2 Å². The van der Waals surface area contributed by atoms with Gasteiger partial charge in [-0.2, -0.15) is 0 Å². The fourth-order valence-corrected chi connectivity index (χ4v) is 3.55. The third-order valence-corrected chi connectivity index (χ3v) is 5.50. The molecule has 0 radical (unpaired) electrons. The van der Waals surface area contributed by atoms with E-state index in [0.29, 0.717) is 13.0 Å². The Bertz CT molecular complexity index is 793. The molecule has 0 bridgehead atoms. The maximum absolute atomic E-state index is 13.0. The second-order valence-electron chi connectivity index (χ2n) is 8.79. The molecule has 4 unspecified atom stereocenters. The van der Waals surface area contributed by atoms with E-state index >= 15 is 0 Å². The number of aliphatic imine (C=N–C) groups is 1. The van der Waals surface area contributed by atoms with E-state index in [1.165, 1.54) is 0 Å². The highest BCUT2D eigenvalue weighted by Crippen LogP contribution is 2.09. The number of carboxylic acid groups (broad SMARTS) is 1. The van der Waals surface area contributed by atoms with Crippen LogP contribution in [0.4, 0.5) is 0 Å². The molecule has 1 rings (SSSR count). The van der Waals surface area contributed by atoms with Crippen LogP contribution < -0.4 is 38.5 Å². The molecule has 35 heavy (non-hydrogen) atoms. The van der Waals surface area contributed by atoms with E-state index in [4.69, 9.17) is 17.2 Å². The zero-order valence-corrected chi connectivity index (χ0v) is 20.2. The topological polar surface area (TPSA) is 244 Å². The third kappa shape index (κ3) is 11.0. The smallest absolute Gasteiger partial charge is 0.326 e. The van der Waals surface area contributed by atoms with Gasteiger partial charge in [0.15, 0.2) is 5.96 Å². The summed E-state index contributed by atoms with van der Waals surface area (Å²) in [6.45, 7) is 4.36. The number of carbonyl (C=O) groups is 5. The molecule has 1 aliphatic heterocycles. The van der Waals surface area contributed by atoms with Crippen LogP contribution in [-0.4, -0.2) is 77.9 Å². The average Bonchev–Trinajstić information content (AvgIpc) is 3.30. The number of guanidine groups is 1. The fourth-order valence-electron chi connectivity index (χ4n) is 3.55. The van der Waals surface area contributed by atoms with Crippen LogP contribution in [0.5, 0.6) is 0 Å². The van der Waals surface area contributed by atoms with Crippen molar-refractivity contribution in [3.05, 3.63) is 0 Å². The van der Waals surface area contributed by atoms with Crippen molar-refractivity contribution in [3.63, 3.8) is 0 Å². The Morgan fingerprint density at radius 2 is 1.66 bits per heavy atom. The second-order valence-corrected chi connectivity index (χ2v) is 8.79. The molecule has 1 saturated heterocycles. The zero-order chi connectivity index (χ0) is 26.5. The van der Waals surface area contributed by atoms with Crippen molar-refractivity contribution in [2.45, 2.75) is 76.5 Å². The molecule has 0 aromatic carbocycles. The van der Waals surface area contributed by atoms with Crippen molar-refractivity contribution < 1.29 is 29.1 Å². The Balaban J connectivity index is 2.88. The van der Waals surface area contributed by atoms with Crippen LogP contribution in [0.25, 0.3) is 0 Å². The van der Waals surface area contributed by atoms with Gasteiger partial charge in [0.2, 0.25) is 23.6 Å². The van der Waals surface area contributed by atoms with E-state index in [1.54, 1.807) is 13.8 Å². The Morgan fingerprint density at radius 3 is 2.17 bits per heavy atom. The minimum absolute atomic E-state index is 0.0351. The molecule has 4 atom stereocenters. The highest BCUT2D eigenvalue weighted by molar-refractivity contribution is 5.94. The molecule has 1 aliphatic rings. The van der Waals surface area contributed by atoms with Crippen LogP contribution in [-0.2, 0) is 24.0 Å². The molecule has 14 heteroatoms. The van der Waals surface area contributed by atoms with Crippen LogP contribution in [0, 0.1) is 5.92 Å². The highest BCUT2D eigenvalue weighted by Gasteiger charge is 2.32. The normalized spacial score (nSPS) is 17.6. The minimum atomic E-state index is -1.28. The summed E-state index contributed by atoms with van der Waals surface area (Å²) in [6.07, 6.45) is 1.46. The van der Waals surface area contributed by atoms with E-state index in [0.717, 1.165) is 6.42 Å². The van der Waals surface area contributed by atoms with Gasteiger partial charge in [-0.05, 0) is 44.6 Å². The average molecular weight is 499 g/mol. The van der Waals surface area contributed by atoms with Gasteiger partial charge in [0.1, 0.15) is 18.1 Å². The van der Waals surface area contributed by atoms with Gasteiger partial charge in [-0.1, -0.05) is 13.8 Å². The van der Waals surface area contributed by atoms with Crippen LogP contribution in [0.15, 0.2) is 4.99 Å². The number of rotatable bonds is 15. The van der Waals surface area contributed by atoms with Crippen LogP contribution in [0.1, 0.15) is 52.4 Å². The number of hydrogen-bond donors (Lipinski definition) is 8. The molecule has 11 N–H and O–H groups in total. The summed E-state index contributed by atoms with van der Waals surface area (Å²) in [6, 6.07) is -3.84. The van der Waals surface area contributed by atoms with Gasteiger partial charge in [0, 0.05) is 13.0 Å². The number of nitrogens with zero attached hydrogens (tertiary/aromatic N) is 1. The number of aliphatic carboxylic acids is 1. The van der Waals surface area contributed by atoms with Crippen molar-refractivity contribution in [1.82, 2.24) is 21.3 Å². The first-order valence-electron chi connectivity index (χ1n) is 11.6. The summed E-state index contributed by atoms with van der Waals surface area (Å²) in [4.78, 5) is 65.0. The summed E-state index contributed by atoms with van der Waals surface area (Å²) in [5.41, 5.74) is 15.7. The maximum atomic E-state index is 13.0. The molecule has 1 fully saturated rings. The lowest BCUT2D eigenvalue weighted by Crippen LogP contribution is -2.58. The van der Waals surface area contributed by atoms with E-state index in [9.17, 15) is 29.1 Å². The monoisotopic (exact) mass is 498 g/mol. The predicted octanol–water partition coefficient (Wildman–Crippen LogP) is -2.75. The molecular weight excluding hydrogens is 460 g/mol. The van der Waals surface area contributed by atoms with Crippen molar-refractivity contribution >= 4 is 35.6 Å². The Hall–Kier alpha value is -3.42. The first-order chi connectivity index (χ1) is 16.4. The van der Waals surface area contributed by atoms with E-state index in [2.05, 4.69) is 26.3 Å². The number of primary amides is 1. The van der Waals surface area contributed by atoms with Crippen molar-refractivity contribution in [2.75, 3.05) is 13.1 Å². The van der Waals surface area contributed by atoms with Crippen LogP contribution >= 0.6 is 0 Å². The quantitative estimate of drug-likeness (QED) is 0.0661. The molecule has 0 aliphatic carbocycles. The lowest BCUT2D eigenvalue weighted by molar-refractivity contribution is -0.142. The number of carboxylic acids is 1. The Kier molecular flexibility index (Phi) is 12.5. The molecule has 198 valence electrons. The molecule has 0 aromatic heterocycles. The molecule has 0 aromatic rings. The van der Waals surface area contributed by atoms with Crippen molar-refractivity contribution in [2.24, 2.45) is 28.1 Å². The summed E-state index contributed by atoms with van der Waals surface area (Å²) in [5.74, 6) is -4.14.